The van der Waals surface area contributed by atoms with E-state index in [0.29, 0.717) is 13.2 Å². The molecule has 2 nitrogen and oxygen atoms in total. The smallest absolute Gasteiger partial charge is 0.0717 e. The standard InChI is InChI=1S/C15H18ClNOS/c1-12-2-7-15(19-12)10-17-8-9-18-11-13-3-5-14(16)6-4-13/h2-7,17H,8-11H2,1H3. The van der Waals surface area contributed by atoms with Gasteiger partial charge in [-0.1, -0.05) is 23.7 Å². The molecule has 0 bridgehead atoms. The van der Waals surface area contributed by atoms with E-state index in [1.54, 1.807) is 0 Å². The van der Waals surface area contributed by atoms with Gasteiger partial charge >= 0.3 is 0 Å². The Labute approximate surface area is 123 Å². The van der Waals surface area contributed by atoms with E-state index in [0.717, 1.165) is 23.7 Å². The largest absolute Gasteiger partial charge is 0.375 e. The van der Waals surface area contributed by atoms with Crippen molar-refractivity contribution in [2.45, 2.75) is 20.1 Å². The lowest BCUT2D eigenvalue weighted by atomic mass is 10.2. The van der Waals surface area contributed by atoms with Crippen molar-refractivity contribution in [2.75, 3.05) is 13.2 Å². The fraction of sp³-hybridized carbons (Fsp3) is 0.333. The Morgan fingerprint density at radius 1 is 1.16 bits per heavy atom. The molecule has 0 saturated carbocycles. The van der Waals surface area contributed by atoms with E-state index in [1.807, 2.05) is 35.6 Å². The topological polar surface area (TPSA) is 21.3 Å². The predicted molar refractivity (Wildman–Crippen MR) is 81.9 cm³/mol. The number of benzene rings is 1. The van der Waals surface area contributed by atoms with Gasteiger partial charge in [-0.3, -0.25) is 0 Å². The van der Waals surface area contributed by atoms with Crippen molar-refractivity contribution in [3.8, 4) is 0 Å². The molecule has 1 aromatic carbocycles. The summed E-state index contributed by atoms with van der Waals surface area (Å²) in [5.74, 6) is 0. The van der Waals surface area contributed by atoms with Gasteiger partial charge in [0.25, 0.3) is 0 Å². The average molecular weight is 296 g/mol. The van der Waals surface area contributed by atoms with Gasteiger partial charge in [0.2, 0.25) is 0 Å². The fourth-order valence-electron chi connectivity index (χ4n) is 1.71. The van der Waals surface area contributed by atoms with Gasteiger partial charge < -0.3 is 10.1 Å². The highest BCUT2D eigenvalue weighted by atomic mass is 35.5. The van der Waals surface area contributed by atoms with Crippen LogP contribution in [0.4, 0.5) is 0 Å². The van der Waals surface area contributed by atoms with Gasteiger partial charge in [-0.15, -0.1) is 11.3 Å². The van der Waals surface area contributed by atoms with E-state index in [4.69, 9.17) is 16.3 Å². The van der Waals surface area contributed by atoms with E-state index in [-0.39, 0.29) is 0 Å². The van der Waals surface area contributed by atoms with Crippen molar-refractivity contribution in [3.63, 3.8) is 0 Å². The third-order valence-electron chi connectivity index (χ3n) is 2.70. The van der Waals surface area contributed by atoms with Gasteiger partial charge in [0.15, 0.2) is 0 Å². The highest BCUT2D eigenvalue weighted by Crippen LogP contribution is 2.14. The lowest BCUT2D eigenvalue weighted by Gasteiger charge is -2.05. The van der Waals surface area contributed by atoms with Crippen LogP contribution in [0.25, 0.3) is 0 Å². The molecule has 0 aliphatic carbocycles. The van der Waals surface area contributed by atoms with Crippen molar-refractivity contribution in [2.24, 2.45) is 0 Å². The highest BCUT2D eigenvalue weighted by molar-refractivity contribution is 7.11. The third-order valence-corrected chi connectivity index (χ3v) is 3.95. The highest BCUT2D eigenvalue weighted by Gasteiger charge is 1.96. The van der Waals surface area contributed by atoms with E-state index in [2.05, 4.69) is 24.4 Å². The molecule has 0 unspecified atom stereocenters. The molecule has 4 heteroatoms. The molecule has 1 aromatic heterocycles. The Kier molecular flexibility index (Phi) is 5.86. The second kappa shape index (κ2) is 7.65. The van der Waals surface area contributed by atoms with Crippen LogP contribution >= 0.6 is 22.9 Å². The van der Waals surface area contributed by atoms with Gasteiger partial charge in [0.1, 0.15) is 0 Å². The number of nitrogens with one attached hydrogen (secondary N) is 1. The van der Waals surface area contributed by atoms with E-state index in [9.17, 15) is 0 Å². The fourth-order valence-corrected chi connectivity index (χ4v) is 2.69. The molecule has 0 amide bonds. The number of hydrogen-bond donors (Lipinski definition) is 1. The van der Waals surface area contributed by atoms with Gasteiger partial charge in [-0.2, -0.15) is 0 Å². The van der Waals surface area contributed by atoms with Crippen LogP contribution in [0.15, 0.2) is 36.4 Å². The second-order valence-corrected chi connectivity index (χ2v) is 6.18. The Balaban J connectivity index is 1.56. The minimum absolute atomic E-state index is 0.636. The number of aryl methyl sites for hydroxylation is 1. The molecule has 0 saturated heterocycles. The molecule has 1 N–H and O–H groups in total. The maximum atomic E-state index is 5.82. The van der Waals surface area contributed by atoms with Gasteiger partial charge in [-0.05, 0) is 36.8 Å². The van der Waals surface area contributed by atoms with Crippen LogP contribution in [0.1, 0.15) is 15.3 Å². The van der Waals surface area contributed by atoms with Gasteiger partial charge in [0.05, 0.1) is 13.2 Å². The monoisotopic (exact) mass is 295 g/mol. The van der Waals surface area contributed by atoms with Crippen LogP contribution in [0.2, 0.25) is 5.02 Å². The van der Waals surface area contributed by atoms with Crippen molar-refractivity contribution in [3.05, 3.63) is 56.7 Å². The first-order valence-electron chi connectivity index (χ1n) is 6.32. The lowest BCUT2D eigenvalue weighted by molar-refractivity contribution is 0.122. The molecule has 1 heterocycles. The Morgan fingerprint density at radius 2 is 1.95 bits per heavy atom. The SMILES string of the molecule is Cc1ccc(CNCCOCc2ccc(Cl)cc2)s1. The Hall–Kier alpha value is -0.870. The van der Waals surface area contributed by atoms with E-state index in [1.165, 1.54) is 9.75 Å². The normalized spacial score (nSPS) is 10.8. The summed E-state index contributed by atoms with van der Waals surface area (Å²) in [5, 5.41) is 4.14. The minimum Gasteiger partial charge on any atom is -0.375 e. The summed E-state index contributed by atoms with van der Waals surface area (Å²) in [6.45, 7) is 5.26. The molecular formula is C15H18ClNOS. The molecule has 2 rings (SSSR count). The van der Waals surface area contributed by atoms with Crippen molar-refractivity contribution < 1.29 is 4.74 Å². The number of rotatable bonds is 7. The van der Waals surface area contributed by atoms with Crippen molar-refractivity contribution in [1.82, 2.24) is 5.32 Å². The molecule has 0 aliphatic rings. The molecule has 2 aromatic rings. The number of hydrogen-bond acceptors (Lipinski definition) is 3. The number of ether oxygens (including phenoxy) is 1. The Bertz CT molecular complexity index is 495. The first-order valence-corrected chi connectivity index (χ1v) is 7.52. The summed E-state index contributed by atoms with van der Waals surface area (Å²) >= 11 is 7.66. The first kappa shape index (κ1) is 14.5. The molecule has 19 heavy (non-hydrogen) atoms. The quantitative estimate of drug-likeness (QED) is 0.779. The van der Waals surface area contributed by atoms with E-state index >= 15 is 0 Å². The summed E-state index contributed by atoms with van der Waals surface area (Å²) in [7, 11) is 0. The van der Waals surface area contributed by atoms with Crippen LogP contribution in [0, 0.1) is 6.92 Å². The maximum absolute atomic E-state index is 5.82. The van der Waals surface area contributed by atoms with Crippen LogP contribution in [0.5, 0.6) is 0 Å². The summed E-state index contributed by atoms with van der Waals surface area (Å²) in [4.78, 5) is 2.73. The lowest BCUT2D eigenvalue weighted by Crippen LogP contribution is -2.18. The van der Waals surface area contributed by atoms with Crippen molar-refractivity contribution in [1.29, 1.82) is 0 Å². The molecule has 0 fully saturated rings. The summed E-state index contributed by atoms with van der Waals surface area (Å²) < 4.78 is 5.60. The number of halogens is 1. The van der Waals surface area contributed by atoms with Gasteiger partial charge in [0, 0.05) is 27.9 Å². The molecule has 0 spiro atoms. The van der Waals surface area contributed by atoms with Crippen LogP contribution in [0.3, 0.4) is 0 Å². The minimum atomic E-state index is 0.636. The van der Waals surface area contributed by atoms with Crippen LogP contribution in [-0.2, 0) is 17.9 Å². The molecule has 102 valence electrons. The first-order chi connectivity index (χ1) is 9.24. The van der Waals surface area contributed by atoms with Crippen LogP contribution < -0.4 is 5.32 Å². The molecule has 0 radical (unpaired) electrons. The zero-order valence-electron chi connectivity index (χ0n) is 11.0. The third kappa shape index (κ3) is 5.33. The zero-order chi connectivity index (χ0) is 13.5. The predicted octanol–water partition coefficient (Wildman–Crippen LogP) is 4.02. The van der Waals surface area contributed by atoms with Crippen LogP contribution in [-0.4, -0.2) is 13.2 Å². The average Bonchev–Trinajstić information content (AvgIpc) is 2.81. The summed E-state index contributed by atoms with van der Waals surface area (Å²) in [6.07, 6.45) is 0. The van der Waals surface area contributed by atoms with Gasteiger partial charge in [-0.25, -0.2) is 0 Å². The van der Waals surface area contributed by atoms with E-state index < -0.39 is 0 Å². The zero-order valence-corrected chi connectivity index (χ0v) is 12.6. The molecule has 0 atom stereocenters. The Morgan fingerprint density at radius 3 is 2.63 bits per heavy atom. The molecule has 0 aliphatic heterocycles. The summed E-state index contributed by atoms with van der Waals surface area (Å²) in [6, 6.07) is 12.1. The number of thiophene rings is 1. The molecular weight excluding hydrogens is 278 g/mol. The maximum Gasteiger partial charge on any atom is 0.0717 e. The second-order valence-electron chi connectivity index (χ2n) is 4.37. The summed E-state index contributed by atoms with van der Waals surface area (Å²) in [5.41, 5.74) is 1.15. The van der Waals surface area contributed by atoms with Crippen molar-refractivity contribution >= 4 is 22.9 Å².